The number of aliphatic hydroxyl groups excluding tert-OH is 1. The second kappa shape index (κ2) is 5.13. The van der Waals surface area contributed by atoms with Crippen LogP contribution in [0.3, 0.4) is 0 Å². The minimum Gasteiger partial charge on any atom is -0.395 e. The van der Waals surface area contributed by atoms with Crippen molar-refractivity contribution < 1.29 is 9.90 Å². The molecule has 6 heteroatoms. The van der Waals surface area contributed by atoms with Crippen molar-refractivity contribution in [1.82, 2.24) is 20.3 Å². The number of amides is 1. The summed E-state index contributed by atoms with van der Waals surface area (Å²) in [6, 6.07) is 0. The van der Waals surface area contributed by atoms with E-state index in [0.29, 0.717) is 6.54 Å². The lowest BCUT2D eigenvalue weighted by molar-refractivity contribution is 0.0737. The Morgan fingerprint density at radius 3 is 3.07 bits per heavy atom. The standard InChI is InChI=1S/C8H12N4O2/c1-2-3-12(4-5-13)8(14)7-6-9-11-10-7/h2,6,13H,1,3-5H2,(H,9,10,11). The molecule has 1 amide bonds. The van der Waals surface area contributed by atoms with Gasteiger partial charge in [-0.15, -0.1) is 6.58 Å². The van der Waals surface area contributed by atoms with Gasteiger partial charge in [0.15, 0.2) is 5.69 Å². The van der Waals surface area contributed by atoms with Gasteiger partial charge in [0, 0.05) is 13.1 Å². The predicted octanol–water partition coefficient (Wildman–Crippen LogP) is -0.575. The van der Waals surface area contributed by atoms with Crippen molar-refractivity contribution in [1.29, 1.82) is 0 Å². The molecule has 0 saturated carbocycles. The Labute approximate surface area is 81.2 Å². The van der Waals surface area contributed by atoms with Crippen molar-refractivity contribution in [3.05, 3.63) is 24.5 Å². The first-order valence-electron chi connectivity index (χ1n) is 4.16. The molecule has 0 fully saturated rings. The molecule has 0 aliphatic heterocycles. The third-order valence-electron chi connectivity index (χ3n) is 1.64. The van der Waals surface area contributed by atoms with Crippen LogP contribution < -0.4 is 0 Å². The Hall–Kier alpha value is -1.69. The zero-order valence-corrected chi connectivity index (χ0v) is 7.68. The Bertz CT molecular complexity index is 296. The molecule has 0 radical (unpaired) electrons. The van der Waals surface area contributed by atoms with Crippen LogP contribution in [-0.4, -0.2) is 51.0 Å². The van der Waals surface area contributed by atoms with Crippen LogP contribution in [0.1, 0.15) is 10.5 Å². The zero-order valence-electron chi connectivity index (χ0n) is 7.68. The SMILES string of the molecule is C=CCN(CCO)C(=O)c1cn[nH]n1. The number of carbonyl (C=O) groups excluding carboxylic acids is 1. The summed E-state index contributed by atoms with van der Waals surface area (Å²) >= 11 is 0. The molecule has 1 aromatic rings. The molecule has 0 saturated heterocycles. The summed E-state index contributed by atoms with van der Waals surface area (Å²) in [5, 5.41) is 18.3. The van der Waals surface area contributed by atoms with E-state index in [4.69, 9.17) is 5.11 Å². The summed E-state index contributed by atoms with van der Waals surface area (Å²) in [6.45, 7) is 4.08. The van der Waals surface area contributed by atoms with E-state index in [1.165, 1.54) is 11.1 Å². The van der Waals surface area contributed by atoms with Crippen LogP contribution >= 0.6 is 0 Å². The first-order chi connectivity index (χ1) is 6.79. The van der Waals surface area contributed by atoms with Gasteiger partial charge in [0.05, 0.1) is 12.8 Å². The molecule has 0 atom stereocenters. The Balaban J connectivity index is 2.68. The molecule has 1 heterocycles. The highest BCUT2D eigenvalue weighted by atomic mass is 16.3. The van der Waals surface area contributed by atoms with Gasteiger partial charge >= 0.3 is 0 Å². The normalized spacial score (nSPS) is 9.79. The van der Waals surface area contributed by atoms with E-state index in [2.05, 4.69) is 22.0 Å². The monoisotopic (exact) mass is 196 g/mol. The van der Waals surface area contributed by atoms with Gasteiger partial charge in [-0.1, -0.05) is 6.08 Å². The maximum Gasteiger partial charge on any atom is 0.276 e. The quantitative estimate of drug-likeness (QED) is 0.617. The largest absolute Gasteiger partial charge is 0.395 e. The van der Waals surface area contributed by atoms with Gasteiger partial charge in [-0.3, -0.25) is 4.79 Å². The molecule has 0 aliphatic carbocycles. The van der Waals surface area contributed by atoms with Crippen molar-refractivity contribution in [3.8, 4) is 0 Å². The molecule has 6 nitrogen and oxygen atoms in total. The molecule has 1 rings (SSSR count). The minimum absolute atomic E-state index is 0.0859. The molecule has 0 aromatic carbocycles. The molecular weight excluding hydrogens is 184 g/mol. The number of H-pyrrole nitrogens is 1. The number of aromatic amines is 1. The average molecular weight is 196 g/mol. The van der Waals surface area contributed by atoms with Crippen LogP contribution in [0.5, 0.6) is 0 Å². The lowest BCUT2D eigenvalue weighted by atomic mass is 10.3. The van der Waals surface area contributed by atoms with E-state index in [-0.39, 0.29) is 24.8 Å². The number of nitrogens with zero attached hydrogens (tertiary/aromatic N) is 3. The number of aromatic nitrogens is 3. The lowest BCUT2D eigenvalue weighted by Gasteiger charge is -2.17. The van der Waals surface area contributed by atoms with Crippen LogP contribution in [0, 0.1) is 0 Å². The maximum atomic E-state index is 11.6. The minimum atomic E-state index is -0.271. The highest BCUT2D eigenvalue weighted by Crippen LogP contribution is 1.98. The average Bonchev–Trinajstić information content (AvgIpc) is 2.69. The first-order valence-corrected chi connectivity index (χ1v) is 4.16. The summed E-state index contributed by atoms with van der Waals surface area (Å²) in [5.74, 6) is -0.271. The van der Waals surface area contributed by atoms with Crippen LogP contribution in [-0.2, 0) is 0 Å². The number of nitrogens with one attached hydrogen (secondary N) is 1. The zero-order chi connectivity index (χ0) is 10.4. The van der Waals surface area contributed by atoms with Crippen molar-refractivity contribution in [2.75, 3.05) is 19.7 Å². The van der Waals surface area contributed by atoms with Crippen molar-refractivity contribution in [3.63, 3.8) is 0 Å². The van der Waals surface area contributed by atoms with Crippen LogP contribution in [0.25, 0.3) is 0 Å². The number of hydrogen-bond donors (Lipinski definition) is 2. The molecular formula is C8H12N4O2. The number of rotatable bonds is 5. The van der Waals surface area contributed by atoms with Gasteiger partial charge in [-0.2, -0.15) is 15.4 Å². The highest BCUT2D eigenvalue weighted by Gasteiger charge is 2.15. The Kier molecular flexibility index (Phi) is 3.81. The fourth-order valence-electron chi connectivity index (χ4n) is 1.02. The third-order valence-corrected chi connectivity index (χ3v) is 1.64. The molecule has 76 valence electrons. The second-order valence-corrected chi connectivity index (χ2v) is 2.62. The molecule has 0 bridgehead atoms. The summed E-state index contributed by atoms with van der Waals surface area (Å²) in [6.07, 6.45) is 2.93. The van der Waals surface area contributed by atoms with Gasteiger partial charge in [0.25, 0.3) is 5.91 Å². The highest BCUT2D eigenvalue weighted by molar-refractivity contribution is 5.91. The fraction of sp³-hybridized carbons (Fsp3) is 0.375. The first kappa shape index (κ1) is 10.4. The van der Waals surface area contributed by atoms with Crippen LogP contribution in [0.4, 0.5) is 0 Å². The molecule has 2 N–H and O–H groups in total. The molecule has 14 heavy (non-hydrogen) atoms. The topological polar surface area (TPSA) is 82.1 Å². The van der Waals surface area contributed by atoms with E-state index < -0.39 is 0 Å². The second-order valence-electron chi connectivity index (χ2n) is 2.62. The summed E-state index contributed by atoms with van der Waals surface area (Å²) in [7, 11) is 0. The van der Waals surface area contributed by atoms with Crippen molar-refractivity contribution in [2.45, 2.75) is 0 Å². The summed E-state index contributed by atoms with van der Waals surface area (Å²) in [4.78, 5) is 13.1. The van der Waals surface area contributed by atoms with E-state index in [1.807, 2.05) is 0 Å². The van der Waals surface area contributed by atoms with Gasteiger partial charge in [-0.05, 0) is 0 Å². The van der Waals surface area contributed by atoms with Gasteiger partial charge in [0.1, 0.15) is 0 Å². The molecule has 0 aliphatic rings. The Morgan fingerprint density at radius 2 is 2.57 bits per heavy atom. The summed E-state index contributed by atoms with van der Waals surface area (Å²) < 4.78 is 0. The molecule has 0 spiro atoms. The van der Waals surface area contributed by atoms with E-state index >= 15 is 0 Å². The number of aliphatic hydroxyl groups is 1. The van der Waals surface area contributed by atoms with Crippen molar-refractivity contribution >= 4 is 5.91 Å². The summed E-state index contributed by atoms with van der Waals surface area (Å²) in [5.41, 5.74) is 0.236. The van der Waals surface area contributed by atoms with E-state index in [0.717, 1.165) is 0 Å². The van der Waals surface area contributed by atoms with Gasteiger partial charge < -0.3 is 10.0 Å². The van der Waals surface area contributed by atoms with Crippen molar-refractivity contribution in [2.24, 2.45) is 0 Å². The maximum absolute atomic E-state index is 11.6. The van der Waals surface area contributed by atoms with Gasteiger partial charge in [-0.25, -0.2) is 0 Å². The fourth-order valence-corrected chi connectivity index (χ4v) is 1.02. The third kappa shape index (κ3) is 2.40. The molecule has 1 aromatic heterocycles. The van der Waals surface area contributed by atoms with E-state index in [1.54, 1.807) is 6.08 Å². The number of hydrogen-bond acceptors (Lipinski definition) is 4. The van der Waals surface area contributed by atoms with Crippen LogP contribution in [0.2, 0.25) is 0 Å². The Morgan fingerprint density at radius 1 is 1.79 bits per heavy atom. The van der Waals surface area contributed by atoms with Crippen LogP contribution in [0.15, 0.2) is 18.9 Å². The lowest BCUT2D eigenvalue weighted by Crippen LogP contribution is -2.33. The molecule has 0 unspecified atom stereocenters. The van der Waals surface area contributed by atoms with Gasteiger partial charge in [0.2, 0.25) is 0 Å². The smallest absolute Gasteiger partial charge is 0.276 e. The number of carbonyl (C=O) groups is 1. The van der Waals surface area contributed by atoms with E-state index in [9.17, 15) is 4.79 Å². The predicted molar refractivity (Wildman–Crippen MR) is 49.6 cm³/mol.